The van der Waals surface area contributed by atoms with Gasteiger partial charge in [0.15, 0.2) is 0 Å². The second kappa shape index (κ2) is 8.11. The van der Waals surface area contributed by atoms with Crippen molar-refractivity contribution < 1.29 is 4.39 Å². The van der Waals surface area contributed by atoms with Crippen LogP contribution in [0.15, 0.2) is 22.7 Å². The second-order valence-electron chi connectivity index (χ2n) is 6.01. The maximum absolute atomic E-state index is 13.9. The van der Waals surface area contributed by atoms with Gasteiger partial charge in [0.25, 0.3) is 0 Å². The number of nitrogens with two attached hydrogens (primary N) is 1. The molecule has 1 aromatic rings. The molecule has 20 heavy (non-hydrogen) atoms. The summed E-state index contributed by atoms with van der Waals surface area (Å²) in [4.78, 5) is 0. The highest BCUT2D eigenvalue weighted by Gasteiger charge is 2.20. The van der Waals surface area contributed by atoms with Gasteiger partial charge in [0.2, 0.25) is 0 Å². The first kappa shape index (κ1) is 17.6. The summed E-state index contributed by atoms with van der Waals surface area (Å²) < 4.78 is 14.8. The van der Waals surface area contributed by atoms with E-state index in [1.165, 1.54) is 6.07 Å². The average Bonchev–Trinajstić information content (AvgIpc) is 2.37. The van der Waals surface area contributed by atoms with E-state index in [0.717, 1.165) is 11.0 Å². The third-order valence-corrected chi connectivity index (χ3v) is 4.37. The number of hydrogen-bond acceptors (Lipinski definition) is 2. The van der Waals surface area contributed by atoms with E-state index in [4.69, 9.17) is 5.73 Å². The fourth-order valence-electron chi connectivity index (χ4n) is 2.62. The first-order valence-electron chi connectivity index (χ1n) is 7.25. The van der Waals surface area contributed by atoms with Crippen molar-refractivity contribution in [2.45, 2.75) is 33.7 Å². The lowest BCUT2D eigenvalue weighted by Crippen LogP contribution is -2.36. The summed E-state index contributed by atoms with van der Waals surface area (Å²) in [6.07, 6.45) is 0. The van der Waals surface area contributed by atoms with E-state index >= 15 is 0 Å². The highest BCUT2D eigenvalue weighted by Crippen LogP contribution is 2.24. The van der Waals surface area contributed by atoms with Gasteiger partial charge in [0, 0.05) is 22.6 Å². The molecule has 0 heterocycles. The molecule has 0 aliphatic heterocycles. The minimum Gasteiger partial charge on any atom is -0.329 e. The fourth-order valence-corrected chi connectivity index (χ4v) is 3.00. The smallest absolute Gasteiger partial charge is 0.128 e. The molecule has 0 amide bonds. The summed E-state index contributed by atoms with van der Waals surface area (Å²) in [6.45, 7) is 10.1. The van der Waals surface area contributed by atoms with E-state index < -0.39 is 0 Å². The van der Waals surface area contributed by atoms with Crippen molar-refractivity contribution in [2.75, 3.05) is 13.1 Å². The van der Waals surface area contributed by atoms with Gasteiger partial charge in [-0.2, -0.15) is 0 Å². The molecule has 4 heteroatoms. The van der Waals surface area contributed by atoms with Gasteiger partial charge in [0.05, 0.1) is 0 Å². The molecular formula is C16H26BrFN2. The molecule has 1 unspecified atom stereocenters. The second-order valence-corrected chi connectivity index (χ2v) is 6.93. The largest absolute Gasteiger partial charge is 0.329 e. The number of nitrogens with one attached hydrogen (secondary N) is 1. The van der Waals surface area contributed by atoms with Crippen molar-refractivity contribution in [3.05, 3.63) is 34.1 Å². The SMILES string of the molecule is CC(C)C(CNC(CN)c1cc(Br)ccc1F)C(C)C. The summed E-state index contributed by atoms with van der Waals surface area (Å²) in [5.41, 5.74) is 6.45. The third kappa shape index (κ3) is 4.83. The zero-order valence-corrected chi connectivity index (χ0v) is 14.4. The zero-order chi connectivity index (χ0) is 15.3. The van der Waals surface area contributed by atoms with Crippen molar-refractivity contribution in [2.24, 2.45) is 23.5 Å². The monoisotopic (exact) mass is 344 g/mol. The van der Waals surface area contributed by atoms with Crippen LogP contribution in [0.4, 0.5) is 4.39 Å². The molecule has 0 aliphatic rings. The maximum atomic E-state index is 13.9. The number of benzene rings is 1. The molecule has 0 saturated carbocycles. The Morgan fingerprint density at radius 1 is 1.20 bits per heavy atom. The molecule has 1 rings (SSSR count). The Morgan fingerprint density at radius 3 is 2.30 bits per heavy atom. The van der Waals surface area contributed by atoms with Crippen molar-refractivity contribution in [1.29, 1.82) is 0 Å². The van der Waals surface area contributed by atoms with Crippen molar-refractivity contribution in [3.8, 4) is 0 Å². The molecule has 1 atom stereocenters. The number of rotatable bonds is 7. The minimum absolute atomic E-state index is 0.146. The molecule has 0 spiro atoms. The van der Waals surface area contributed by atoms with E-state index in [2.05, 4.69) is 48.9 Å². The lowest BCUT2D eigenvalue weighted by molar-refractivity contribution is 0.265. The third-order valence-electron chi connectivity index (χ3n) is 3.88. The molecule has 0 aliphatic carbocycles. The molecule has 0 aromatic heterocycles. The van der Waals surface area contributed by atoms with Crippen molar-refractivity contribution in [1.82, 2.24) is 5.32 Å². The molecule has 2 nitrogen and oxygen atoms in total. The van der Waals surface area contributed by atoms with E-state index in [0.29, 0.717) is 29.9 Å². The Kier molecular flexibility index (Phi) is 7.13. The maximum Gasteiger partial charge on any atom is 0.128 e. The van der Waals surface area contributed by atoms with Gasteiger partial charge in [-0.3, -0.25) is 0 Å². The summed E-state index contributed by atoms with van der Waals surface area (Å²) in [7, 11) is 0. The molecule has 0 saturated heterocycles. The molecular weight excluding hydrogens is 319 g/mol. The predicted molar refractivity (Wildman–Crippen MR) is 87.1 cm³/mol. The number of halogens is 2. The average molecular weight is 345 g/mol. The Balaban J connectivity index is 2.79. The first-order chi connectivity index (χ1) is 9.36. The van der Waals surface area contributed by atoms with E-state index in [9.17, 15) is 4.39 Å². The summed E-state index contributed by atoms with van der Waals surface area (Å²) in [6, 6.07) is 4.84. The van der Waals surface area contributed by atoms with Crippen LogP contribution in [0.25, 0.3) is 0 Å². The van der Waals surface area contributed by atoms with Crippen LogP contribution in [0, 0.1) is 23.6 Å². The highest BCUT2D eigenvalue weighted by atomic mass is 79.9. The van der Waals surface area contributed by atoms with Crippen molar-refractivity contribution in [3.63, 3.8) is 0 Å². The summed E-state index contributed by atoms with van der Waals surface area (Å²) >= 11 is 3.39. The Bertz CT molecular complexity index is 413. The molecule has 3 N–H and O–H groups in total. The Labute approximate surface area is 130 Å². The Hall–Kier alpha value is -0.450. The summed E-state index contributed by atoms with van der Waals surface area (Å²) in [5.74, 6) is 1.53. The van der Waals surface area contributed by atoms with Gasteiger partial charge in [-0.05, 0) is 42.5 Å². The standard InChI is InChI=1S/C16H26BrFN2/c1-10(2)14(11(3)4)9-20-16(8-19)13-7-12(17)5-6-15(13)18/h5-7,10-11,14,16,20H,8-9,19H2,1-4H3. The van der Waals surface area contributed by atoms with Gasteiger partial charge in [-0.15, -0.1) is 0 Å². The van der Waals surface area contributed by atoms with Gasteiger partial charge >= 0.3 is 0 Å². The van der Waals surface area contributed by atoms with Gasteiger partial charge in [-0.1, -0.05) is 43.6 Å². The molecule has 0 fully saturated rings. The zero-order valence-electron chi connectivity index (χ0n) is 12.8. The quantitative estimate of drug-likeness (QED) is 0.781. The highest BCUT2D eigenvalue weighted by molar-refractivity contribution is 9.10. The van der Waals surface area contributed by atoms with Crippen LogP contribution in [0.1, 0.15) is 39.3 Å². The van der Waals surface area contributed by atoms with Crippen molar-refractivity contribution >= 4 is 15.9 Å². The Morgan fingerprint density at radius 2 is 1.80 bits per heavy atom. The van der Waals surface area contributed by atoms with Gasteiger partial charge < -0.3 is 11.1 Å². The first-order valence-corrected chi connectivity index (χ1v) is 8.04. The van der Waals surface area contributed by atoms with E-state index in [1.807, 2.05) is 0 Å². The molecule has 0 radical (unpaired) electrons. The van der Waals surface area contributed by atoms with Crippen LogP contribution >= 0.6 is 15.9 Å². The lowest BCUT2D eigenvalue weighted by Gasteiger charge is -2.28. The van der Waals surface area contributed by atoms with Crippen LogP contribution in [0.5, 0.6) is 0 Å². The van der Waals surface area contributed by atoms with E-state index in [-0.39, 0.29) is 11.9 Å². The van der Waals surface area contributed by atoms with Crippen LogP contribution in [-0.2, 0) is 0 Å². The lowest BCUT2D eigenvalue weighted by atomic mass is 9.85. The van der Waals surface area contributed by atoms with Gasteiger partial charge in [-0.25, -0.2) is 4.39 Å². The van der Waals surface area contributed by atoms with Crippen LogP contribution < -0.4 is 11.1 Å². The van der Waals surface area contributed by atoms with Crippen LogP contribution in [0.3, 0.4) is 0 Å². The predicted octanol–water partition coefficient (Wildman–Crippen LogP) is 4.11. The fraction of sp³-hybridized carbons (Fsp3) is 0.625. The topological polar surface area (TPSA) is 38.0 Å². The van der Waals surface area contributed by atoms with Crippen LogP contribution in [0.2, 0.25) is 0 Å². The minimum atomic E-state index is -0.207. The molecule has 114 valence electrons. The number of hydrogen-bond donors (Lipinski definition) is 2. The normalized spacial score (nSPS) is 13.5. The van der Waals surface area contributed by atoms with Gasteiger partial charge in [0.1, 0.15) is 5.82 Å². The summed E-state index contributed by atoms with van der Waals surface area (Å²) in [5, 5.41) is 3.43. The molecule has 1 aromatic carbocycles. The van der Waals surface area contributed by atoms with Crippen LogP contribution in [-0.4, -0.2) is 13.1 Å². The molecule has 0 bridgehead atoms. The van der Waals surface area contributed by atoms with E-state index in [1.54, 1.807) is 12.1 Å².